The Bertz CT molecular complexity index is 654. The van der Waals surface area contributed by atoms with Crippen molar-refractivity contribution in [3.63, 3.8) is 0 Å². The highest BCUT2D eigenvalue weighted by Gasteiger charge is 2.19. The summed E-state index contributed by atoms with van der Waals surface area (Å²) >= 11 is 3.45. The van der Waals surface area contributed by atoms with Crippen LogP contribution >= 0.6 is 15.9 Å². The van der Waals surface area contributed by atoms with Crippen LogP contribution in [0, 0.1) is 0 Å². The first-order chi connectivity index (χ1) is 10.2. The summed E-state index contributed by atoms with van der Waals surface area (Å²) in [6.45, 7) is 3.78. The smallest absolute Gasteiger partial charge is 0.125 e. The maximum Gasteiger partial charge on any atom is 0.125 e. The highest BCUT2D eigenvalue weighted by Crippen LogP contribution is 2.34. The summed E-state index contributed by atoms with van der Waals surface area (Å²) < 4.78 is 12.0. The van der Waals surface area contributed by atoms with Crippen molar-refractivity contribution in [3.05, 3.63) is 63.1 Å². The van der Waals surface area contributed by atoms with E-state index in [4.69, 9.17) is 9.47 Å². The Hall–Kier alpha value is -1.36. The van der Waals surface area contributed by atoms with Crippen LogP contribution in [0.2, 0.25) is 0 Å². The summed E-state index contributed by atoms with van der Waals surface area (Å²) in [5.74, 6) is 0.713. The van der Waals surface area contributed by atoms with Crippen LogP contribution in [0.5, 0.6) is 5.75 Å². The zero-order chi connectivity index (χ0) is 14.8. The first-order valence-corrected chi connectivity index (χ1v) is 7.78. The van der Waals surface area contributed by atoms with Crippen LogP contribution in [-0.4, -0.2) is 11.7 Å². The van der Waals surface area contributed by atoms with Crippen molar-refractivity contribution >= 4 is 15.9 Å². The molecule has 2 aromatic rings. The van der Waals surface area contributed by atoms with E-state index in [2.05, 4.69) is 15.9 Å². The lowest BCUT2D eigenvalue weighted by Crippen LogP contribution is -2.05. The number of ether oxygens (including phenoxy) is 2. The minimum atomic E-state index is -0.713. The number of hydrogen-bond acceptors (Lipinski definition) is 3. The molecule has 0 aliphatic carbocycles. The molecule has 21 heavy (non-hydrogen) atoms. The predicted octanol–water partition coefficient (Wildman–Crippen LogP) is 3.96. The van der Waals surface area contributed by atoms with E-state index in [0.717, 1.165) is 21.2 Å². The van der Waals surface area contributed by atoms with Gasteiger partial charge in [-0.3, -0.25) is 0 Å². The lowest BCUT2D eigenvalue weighted by Gasteiger charge is -2.17. The highest BCUT2D eigenvalue weighted by molar-refractivity contribution is 9.10. The molecule has 1 aliphatic rings. The summed E-state index contributed by atoms with van der Waals surface area (Å²) in [5.41, 5.74) is 3.98. The Balaban J connectivity index is 1.97. The van der Waals surface area contributed by atoms with Gasteiger partial charge in [-0.05, 0) is 41.8 Å². The van der Waals surface area contributed by atoms with E-state index in [1.807, 2.05) is 43.3 Å². The molecule has 1 N–H and O–H groups in total. The standard InChI is InChI=1S/C17H17BrO3/c1-2-21-16-6-5-14(18)8-15(16)17(19)11-3-4-12-9-20-10-13(12)7-11/h3-8,17,19H,2,9-10H2,1H3. The molecule has 0 radical (unpaired) electrons. The van der Waals surface area contributed by atoms with Gasteiger partial charge in [-0.1, -0.05) is 34.1 Å². The molecule has 4 heteroatoms. The Morgan fingerprint density at radius 1 is 1.19 bits per heavy atom. The van der Waals surface area contributed by atoms with E-state index in [-0.39, 0.29) is 0 Å². The van der Waals surface area contributed by atoms with Crippen molar-refractivity contribution in [1.82, 2.24) is 0 Å². The van der Waals surface area contributed by atoms with Crippen LogP contribution in [0.15, 0.2) is 40.9 Å². The SMILES string of the molecule is CCOc1ccc(Br)cc1C(O)c1ccc2c(c1)COC2. The van der Waals surface area contributed by atoms with Gasteiger partial charge in [0.2, 0.25) is 0 Å². The maximum atomic E-state index is 10.7. The molecule has 1 unspecified atom stereocenters. The lowest BCUT2D eigenvalue weighted by atomic mass is 9.97. The number of hydrogen-bond donors (Lipinski definition) is 1. The van der Waals surface area contributed by atoms with E-state index < -0.39 is 6.10 Å². The lowest BCUT2D eigenvalue weighted by molar-refractivity contribution is 0.134. The number of benzene rings is 2. The predicted molar refractivity (Wildman–Crippen MR) is 84.3 cm³/mol. The van der Waals surface area contributed by atoms with Crippen LogP contribution in [0.3, 0.4) is 0 Å². The molecular weight excluding hydrogens is 332 g/mol. The quantitative estimate of drug-likeness (QED) is 0.908. The average molecular weight is 349 g/mol. The number of fused-ring (bicyclic) bond motifs is 1. The van der Waals surface area contributed by atoms with Gasteiger partial charge in [0.05, 0.1) is 19.8 Å². The molecule has 110 valence electrons. The summed E-state index contributed by atoms with van der Waals surface area (Å²) in [7, 11) is 0. The van der Waals surface area contributed by atoms with Crippen LogP contribution in [0.4, 0.5) is 0 Å². The summed E-state index contributed by atoms with van der Waals surface area (Å²) in [5, 5.41) is 10.7. The second kappa shape index (κ2) is 6.18. The first kappa shape index (κ1) is 14.6. The molecule has 0 saturated heterocycles. The number of rotatable bonds is 4. The van der Waals surface area contributed by atoms with Gasteiger partial charge in [0.15, 0.2) is 0 Å². The highest BCUT2D eigenvalue weighted by atomic mass is 79.9. The van der Waals surface area contributed by atoms with Crippen molar-refractivity contribution in [2.75, 3.05) is 6.61 Å². The van der Waals surface area contributed by atoms with E-state index in [1.165, 1.54) is 5.56 Å². The third-order valence-corrected chi connectivity index (χ3v) is 4.12. The zero-order valence-corrected chi connectivity index (χ0v) is 13.4. The molecule has 0 saturated carbocycles. The Labute approximate surface area is 132 Å². The van der Waals surface area contributed by atoms with E-state index in [0.29, 0.717) is 25.6 Å². The Morgan fingerprint density at radius 3 is 2.81 bits per heavy atom. The molecule has 0 amide bonds. The molecule has 0 fully saturated rings. The van der Waals surface area contributed by atoms with Gasteiger partial charge in [-0.2, -0.15) is 0 Å². The molecule has 1 atom stereocenters. The van der Waals surface area contributed by atoms with Crippen molar-refractivity contribution in [3.8, 4) is 5.75 Å². The zero-order valence-electron chi connectivity index (χ0n) is 11.8. The minimum Gasteiger partial charge on any atom is -0.493 e. The van der Waals surface area contributed by atoms with Crippen LogP contribution in [-0.2, 0) is 18.0 Å². The number of aliphatic hydroxyl groups excluding tert-OH is 1. The molecule has 0 spiro atoms. The molecule has 0 aromatic heterocycles. The molecule has 1 aliphatic heterocycles. The van der Waals surface area contributed by atoms with Crippen molar-refractivity contribution in [2.45, 2.75) is 26.2 Å². The molecule has 3 nitrogen and oxygen atoms in total. The molecule has 1 heterocycles. The largest absolute Gasteiger partial charge is 0.493 e. The summed E-state index contributed by atoms with van der Waals surface area (Å²) in [6, 6.07) is 11.7. The van der Waals surface area contributed by atoms with Gasteiger partial charge in [0, 0.05) is 10.0 Å². The fourth-order valence-electron chi connectivity index (χ4n) is 2.56. The molecular formula is C17H17BrO3. The fraction of sp³-hybridized carbons (Fsp3) is 0.294. The Morgan fingerprint density at radius 2 is 2.00 bits per heavy atom. The first-order valence-electron chi connectivity index (χ1n) is 6.98. The van der Waals surface area contributed by atoms with Crippen LogP contribution in [0.25, 0.3) is 0 Å². The normalized spacial score (nSPS) is 14.8. The fourth-order valence-corrected chi connectivity index (χ4v) is 2.94. The third kappa shape index (κ3) is 2.98. The van der Waals surface area contributed by atoms with Crippen molar-refractivity contribution < 1.29 is 14.6 Å². The second-order valence-corrected chi connectivity index (χ2v) is 5.95. The van der Waals surface area contributed by atoms with Gasteiger partial charge < -0.3 is 14.6 Å². The summed E-state index contributed by atoms with van der Waals surface area (Å²) in [4.78, 5) is 0. The van der Waals surface area contributed by atoms with Gasteiger partial charge >= 0.3 is 0 Å². The van der Waals surface area contributed by atoms with E-state index in [1.54, 1.807) is 0 Å². The molecule has 0 bridgehead atoms. The van der Waals surface area contributed by atoms with Crippen LogP contribution < -0.4 is 4.74 Å². The van der Waals surface area contributed by atoms with Gasteiger partial charge in [0.25, 0.3) is 0 Å². The monoisotopic (exact) mass is 348 g/mol. The van der Waals surface area contributed by atoms with Gasteiger partial charge in [-0.25, -0.2) is 0 Å². The Kier molecular flexibility index (Phi) is 4.29. The van der Waals surface area contributed by atoms with Crippen molar-refractivity contribution in [2.24, 2.45) is 0 Å². The molecule has 2 aromatic carbocycles. The second-order valence-electron chi connectivity index (χ2n) is 5.04. The van der Waals surface area contributed by atoms with Crippen LogP contribution in [0.1, 0.15) is 35.3 Å². The number of halogens is 1. The average Bonchev–Trinajstić information content (AvgIpc) is 2.96. The third-order valence-electron chi connectivity index (χ3n) is 3.63. The number of aliphatic hydroxyl groups is 1. The van der Waals surface area contributed by atoms with E-state index >= 15 is 0 Å². The summed E-state index contributed by atoms with van der Waals surface area (Å²) in [6.07, 6.45) is -0.713. The topological polar surface area (TPSA) is 38.7 Å². The molecule has 3 rings (SSSR count). The van der Waals surface area contributed by atoms with Gasteiger partial charge in [0.1, 0.15) is 11.9 Å². The van der Waals surface area contributed by atoms with Crippen molar-refractivity contribution in [1.29, 1.82) is 0 Å². The van der Waals surface area contributed by atoms with E-state index in [9.17, 15) is 5.11 Å². The van der Waals surface area contributed by atoms with Gasteiger partial charge in [-0.15, -0.1) is 0 Å². The minimum absolute atomic E-state index is 0.569. The maximum absolute atomic E-state index is 10.7.